The Morgan fingerprint density at radius 1 is 0.276 bits per heavy atom. The Morgan fingerprint density at radius 2 is 0.539 bits per heavy atom. The van der Waals surface area contributed by atoms with Crippen molar-refractivity contribution in [2.75, 3.05) is 13.2 Å². The largest absolute Gasteiger partial charge is 0.462 e. The minimum absolute atomic E-state index is 0.0844. The van der Waals surface area contributed by atoms with Gasteiger partial charge in [-0.2, -0.15) is 0 Å². The summed E-state index contributed by atoms with van der Waals surface area (Å²) in [5.41, 5.74) is 0. The van der Waals surface area contributed by atoms with Gasteiger partial charge in [0.25, 0.3) is 0 Å². The molecular formula is C70H120O6. The number of allylic oxidation sites excluding steroid dienone is 16. The molecule has 0 saturated heterocycles. The van der Waals surface area contributed by atoms with Crippen molar-refractivity contribution < 1.29 is 28.6 Å². The summed E-state index contributed by atoms with van der Waals surface area (Å²) in [6.07, 6.45) is 85.6. The lowest BCUT2D eigenvalue weighted by Crippen LogP contribution is -2.30. The van der Waals surface area contributed by atoms with Gasteiger partial charge in [-0.3, -0.25) is 14.4 Å². The first-order chi connectivity index (χ1) is 37.5. The second-order valence-electron chi connectivity index (χ2n) is 21.3. The molecule has 0 N–H and O–H groups in total. The van der Waals surface area contributed by atoms with Gasteiger partial charge in [0.2, 0.25) is 0 Å². The molecule has 1 atom stereocenters. The molecule has 0 aromatic carbocycles. The highest BCUT2D eigenvalue weighted by atomic mass is 16.6. The van der Waals surface area contributed by atoms with Gasteiger partial charge in [-0.15, -0.1) is 0 Å². The molecule has 0 aliphatic rings. The summed E-state index contributed by atoms with van der Waals surface area (Å²) < 4.78 is 16.9. The number of ether oxygens (including phenoxy) is 3. The lowest BCUT2D eigenvalue weighted by atomic mass is 10.0. The molecule has 0 saturated carbocycles. The zero-order chi connectivity index (χ0) is 55.0. The van der Waals surface area contributed by atoms with Crippen LogP contribution in [0.15, 0.2) is 97.2 Å². The van der Waals surface area contributed by atoms with Crippen molar-refractivity contribution in [1.82, 2.24) is 0 Å². The molecule has 0 aliphatic heterocycles. The molecule has 0 bridgehead atoms. The van der Waals surface area contributed by atoms with Crippen LogP contribution in [-0.4, -0.2) is 37.2 Å². The minimum atomic E-state index is -0.788. The summed E-state index contributed by atoms with van der Waals surface area (Å²) in [5, 5.41) is 0. The molecule has 0 aliphatic carbocycles. The lowest BCUT2D eigenvalue weighted by molar-refractivity contribution is -0.167. The molecule has 0 heterocycles. The van der Waals surface area contributed by atoms with Crippen molar-refractivity contribution in [3.8, 4) is 0 Å². The fourth-order valence-corrected chi connectivity index (χ4v) is 8.97. The molecule has 6 heteroatoms. The molecule has 0 spiro atoms. The Labute approximate surface area is 470 Å². The van der Waals surface area contributed by atoms with Crippen LogP contribution >= 0.6 is 0 Å². The van der Waals surface area contributed by atoms with Gasteiger partial charge in [-0.1, -0.05) is 272 Å². The lowest BCUT2D eigenvalue weighted by Gasteiger charge is -2.18. The van der Waals surface area contributed by atoms with Crippen LogP contribution in [0.1, 0.15) is 310 Å². The second-order valence-corrected chi connectivity index (χ2v) is 21.3. The number of unbranched alkanes of at least 4 members (excludes halogenated alkanes) is 31. The standard InChI is InChI=1S/C70H120O6/c1-4-7-10-13-16-19-22-24-26-28-30-32-34-35-37-38-40-42-44-46-48-51-54-57-60-63-69(72)75-66-67(65-74-68(71)62-59-56-53-50-21-18-15-12-9-6-3)76-70(73)64-61-58-55-52-49-47-45-43-41-39-36-33-31-29-27-25-23-20-17-14-11-8-5-2/h8,11-12,15,17,20,22,24-25,27-28,30-31,33,39,41,67H,4-7,9-10,13-14,16,18-19,21,23,26,29,32,34-38,40,42-66H2,1-3H3/b11-8-,15-12-,20-17-,24-22-,27-25-,30-28-,33-31-,41-39-. The minimum Gasteiger partial charge on any atom is -0.462 e. The number of carbonyl (C=O) groups excluding carboxylic acids is 3. The van der Waals surface area contributed by atoms with Crippen LogP contribution in [0, 0.1) is 0 Å². The fraction of sp³-hybridized carbons (Fsp3) is 0.729. The maximum atomic E-state index is 12.9. The number of carbonyl (C=O) groups is 3. The van der Waals surface area contributed by atoms with Crippen LogP contribution in [-0.2, 0) is 28.6 Å². The van der Waals surface area contributed by atoms with Gasteiger partial charge < -0.3 is 14.2 Å². The van der Waals surface area contributed by atoms with Crippen LogP contribution < -0.4 is 0 Å². The van der Waals surface area contributed by atoms with Gasteiger partial charge >= 0.3 is 17.9 Å². The Kier molecular flexibility index (Phi) is 60.8. The van der Waals surface area contributed by atoms with Crippen LogP contribution in [0.3, 0.4) is 0 Å². The Bertz CT molecular complexity index is 1490. The van der Waals surface area contributed by atoms with E-state index in [1.54, 1.807) is 0 Å². The molecule has 0 aromatic heterocycles. The van der Waals surface area contributed by atoms with Crippen molar-refractivity contribution in [3.63, 3.8) is 0 Å². The Hall–Kier alpha value is -3.67. The number of esters is 3. The third-order valence-corrected chi connectivity index (χ3v) is 13.8. The molecule has 436 valence electrons. The maximum Gasteiger partial charge on any atom is 0.306 e. The van der Waals surface area contributed by atoms with Crippen molar-refractivity contribution in [2.45, 2.75) is 316 Å². The van der Waals surface area contributed by atoms with E-state index in [1.807, 2.05) is 0 Å². The van der Waals surface area contributed by atoms with E-state index in [0.29, 0.717) is 19.3 Å². The van der Waals surface area contributed by atoms with Crippen molar-refractivity contribution in [3.05, 3.63) is 97.2 Å². The van der Waals surface area contributed by atoms with Gasteiger partial charge in [0.05, 0.1) is 0 Å². The van der Waals surface area contributed by atoms with Crippen molar-refractivity contribution in [2.24, 2.45) is 0 Å². The van der Waals surface area contributed by atoms with E-state index in [9.17, 15) is 14.4 Å². The smallest absolute Gasteiger partial charge is 0.306 e. The molecule has 1 unspecified atom stereocenters. The Morgan fingerprint density at radius 3 is 0.868 bits per heavy atom. The van der Waals surface area contributed by atoms with E-state index >= 15 is 0 Å². The zero-order valence-corrected chi connectivity index (χ0v) is 50.0. The molecule has 0 fully saturated rings. The average molecular weight is 1060 g/mol. The first-order valence-electron chi connectivity index (χ1n) is 32.2. The number of hydrogen-bond donors (Lipinski definition) is 0. The first-order valence-corrected chi connectivity index (χ1v) is 32.2. The van der Waals surface area contributed by atoms with E-state index in [1.165, 1.54) is 154 Å². The number of rotatable bonds is 58. The molecule has 6 nitrogen and oxygen atoms in total. The van der Waals surface area contributed by atoms with Gasteiger partial charge in [0.15, 0.2) is 6.10 Å². The summed E-state index contributed by atoms with van der Waals surface area (Å²) in [7, 11) is 0. The third kappa shape index (κ3) is 61.2. The first kappa shape index (κ1) is 72.3. The average Bonchev–Trinajstić information content (AvgIpc) is 3.42. The Balaban J connectivity index is 4.26. The number of hydrogen-bond acceptors (Lipinski definition) is 6. The zero-order valence-electron chi connectivity index (χ0n) is 50.0. The highest BCUT2D eigenvalue weighted by Crippen LogP contribution is 2.16. The van der Waals surface area contributed by atoms with E-state index in [0.717, 1.165) is 116 Å². The SMILES string of the molecule is CC/C=C\C/C=C\C/C=C\C/C=C\C/C=C\CCCCCCCCCC(=O)OC(COC(=O)CCCCCCC/C=C\CCC)COC(=O)CCCCCCCCCCCCCCC/C=C\C/C=C\CCCCCCC. The van der Waals surface area contributed by atoms with Crippen molar-refractivity contribution >= 4 is 17.9 Å². The molecule has 0 amide bonds. The van der Waals surface area contributed by atoms with Crippen LogP contribution in [0.25, 0.3) is 0 Å². The van der Waals surface area contributed by atoms with E-state index in [4.69, 9.17) is 14.2 Å². The highest BCUT2D eigenvalue weighted by molar-refractivity contribution is 5.71. The van der Waals surface area contributed by atoms with E-state index in [-0.39, 0.29) is 31.1 Å². The topological polar surface area (TPSA) is 78.9 Å². The summed E-state index contributed by atoms with van der Waals surface area (Å²) in [6, 6.07) is 0. The molecule has 76 heavy (non-hydrogen) atoms. The van der Waals surface area contributed by atoms with Crippen LogP contribution in [0.2, 0.25) is 0 Å². The quantitative estimate of drug-likeness (QED) is 0.0261. The summed E-state index contributed by atoms with van der Waals surface area (Å²) in [6.45, 7) is 6.46. The van der Waals surface area contributed by atoms with E-state index in [2.05, 4.69) is 118 Å². The summed E-state index contributed by atoms with van der Waals surface area (Å²) in [4.78, 5) is 38.2. The second kappa shape index (κ2) is 63.9. The summed E-state index contributed by atoms with van der Waals surface area (Å²) >= 11 is 0. The normalized spacial score (nSPS) is 12.7. The summed E-state index contributed by atoms with van der Waals surface area (Å²) in [5.74, 6) is -0.899. The molecular weight excluding hydrogens is 937 g/mol. The van der Waals surface area contributed by atoms with Gasteiger partial charge in [-0.05, 0) is 116 Å². The highest BCUT2D eigenvalue weighted by Gasteiger charge is 2.19. The van der Waals surface area contributed by atoms with Crippen molar-refractivity contribution in [1.29, 1.82) is 0 Å². The molecule has 0 aromatic rings. The monoisotopic (exact) mass is 1060 g/mol. The third-order valence-electron chi connectivity index (χ3n) is 13.8. The predicted octanol–water partition coefficient (Wildman–Crippen LogP) is 22.0. The maximum absolute atomic E-state index is 12.9. The fourth-order valence-electron chi connectivity index (χ4n) is 8.97. The molecule has 0 rings (SSSR count). The van der Waals surface area contributed by atoms with Gasteiger partial charge in [0, 0.05) is 19.3 Å². The molecule has 0 radical (unpaired) electrons. The predicted molar refractivity (Wildman–Crippen MR) is 330 cm³/mol. The van der Waals surface area contributed by atoms with E-state index < -0.39 is 6.10 Å². The van der Waals surface area contributed by atoms with Gasteiger partial charge in [-0.25, -0.2) is 0 Å². The van der Waals surface area contributed by atoms with Crippen LogP contribution in [0.5, 0.6) is 0 Å². The van der Waals surface area contributed by atoms with Crippen LogP contribution in [0.4, 0.5) is 0 Å². The van der Waals surface area contributed by atoms with Gasteiger partial charge in [0.1, 0.15) is 13.2 Å².